The maximum absolute atomic E-state index is 11.3. The minimum absolute atomic E-state index is 0.0271. The highest BCUT2D eigenvalue weighted by Gasteiger charge is 2.20. The summed E-state index contributed by atoms with van der Waals surface area (Å²) in [6.45, 7) is 2.34. The third-order valence-corrected chi connectivity index (χ3v) is 2.77. The molecular formula is C11H16N6O2. The number of allylic oxidation sites excluding steroid dienone is 3. The number of rotatable bonds is 5. The Labute approximate surface area is 109 Å². The molecule has 2 heterocycles. The standard InChI is InChI=1S/C11H16N6O2/c1-2-8-9(16-19)10(11(12)18)15-17(8)6-7-4-3-5-13-14-7/h3-5,13-14,16,19H,2,6H2,1H3,(H2,12,18). The molecule has 0 bridgehead atoms. The average molecular weight is 264 g/mol. The lowest BCUT2D eigenvalue weighted by atomic mass is 10.2. The topological polar surface area (TPSA) is 117 Å². The van der Waals surface area contributed by atoms with Crippen molar-refractivity contribution in [3.8, 4) is 0 Å². The van der Waals surface area contributed by atoms with E-state index in [0.717, 1.165) is 5.70 Å². The third kappa shape index (κ3) is 2.52. The number of amides is 1. The maximum Gasteiger partial charge on any atom is 0.271 e. The van der Waals surface area contributed by atoms with E-state index in [9.17, 15) is 4.79 Å². The van der Waals surface area contributed by atoms with Crippen LogP contribution in [0.3, 0.4) is 0 Å². The molecule has 0 unspecified atom stereocenters. The summed E-state index contributed by atoms with van der Waals surface area (Å²) in [6, 6.07) is 0. The van der Waals surface area contributed by atoms with Crippen LogP contribution >= 0.6 is 0 Å². The molecule has 0 aliphatic carbocycles. The van der Waals surface area contributed by atoms with Crippen LogP contribution in [-0.4, -0.2) is 20.9 Å². The Hall–Kier alpha value is -2.48. The first kappa shape index (κ1) is 13.0. The van der Waals surface area contributed by atoms with E-state index in [1.54, 1.807) is 10.9 Å². The molecule has 0 aromatic carbocycles. The van der Waals surface area contributed by atoms with Gasteiger partial charge in [-0.25, -0.2) is 0 Å². The van der Waals surface area contributed by atoms with Crippen LogP contribution in [0.4, 0.5) is 5.69 Å². The van der Waals surface area contributed by atoms with Crippen molar-refractivity contribution in [3.63, 3.8) is 0 Å². The molecule has 1 aliphatic heterocycles. The number of nitrogens with two attached hydrogens (primary N) is 1. The monoisotopic (exact) mass is 264 g/mol. The molecule has 0 spiro atoms. The summed E-state index contributed by atoms with van der Waals surface area (Å²) in [6.07, 6.45) is 6.08. The van der Waals surface area contributed by atoms with Gasteiger partial charge < -0.3 is 16.6 Å². The Bertz CT molecular complexity index is 546. The van der Waals surface area contributed by atoms with Crippen LogP contribution in [0.15, 0.2) is 24.0 Å². The zero-order chi connectivity index (χ0) is 13.8. The molecular weight excluding hydrogens is 248 g/mol. The Balaban J connectivity index is 2.36. The molecule has 2 rings (SSSR count). The van der Waals surface area contributed by atoms with Crippen molar-refractivity contribution in [3.05, 3.63) is 35.4 Å². The highest BCUT2D eigenvalue weighted by atomic mass is 16.5. The van der Waals surface area contributed by atoms with Crippen molar-refractivity contribution >= 4 is 11.6 Å². The molecule has 0 atom stereocenters. The van der Waals surface area contributed by atoms with Gasteiger partial charge in [0.2, 0.25) is 0 Å². The normalized spacial score (nSPS) is 13.5. The van der Waals surface area contributed by atoms with Gasteiger partial charge in [-0.2, -0.15) is 5.10 Å². The molecule has 19 heavy (non-hydrogen) atoms. The van der Waals surface area contributed by atoms with E-state index in [2.05, 4.69) is 16.0 Å². The quantitative estimate of drug-likeness (QED) is 0.472. The lowest BCUT2D eigenvalue weighted by Gasteiger charge is -2.15. The van der Waals surface area contributed by atoms with Gasteiger partial charge in [-0.1, -0.05) is 6.92 Å². The van der Waals surface area contributed by atoms with Gasteiger partial charge in [-0.3, -0.25) is 20.2 Å². The predicted octanol–water partition coefficient (Wildman–Crippen LogP) is -0.149. The van der Waals surface area contributed by atoms with E-state index < -0.39 is 5.91 Å². The van der Waals surface area contributed by atoms with Gasteiger partial charge in [-0.15, -0.1) is 0 Å². The number of nitrogens with zero attached hydrogens (tertiary/aromatic N) is 2. The second kappa shape index (κ2) is 5.44. The summed E-state index contributed by atoms with van der Waals surface area (Å²) in [7, 11) is 0. The van der Waals surface area contributed by atoms with E-state index in [1.165, 1.54) is 0 Å². The third-order valence-electron chi connectivity index (χ3n) is 2.77. The van der Waals surface area contributed by atoms with Crippen molar-refractivity contribution in [2.24, 2.45) is 5.73 Å². The van der Waals surface area contributed by atoms with Crippen LogP contribution in [0.5, 0.6) is 0 Å². The number of carbonyl (C=O) groups excluding carboxylic acids is 1. The number of carbonyl (C=O) groups is 1. The largest absolute Gasteiger partial charge is 0.364 e. The van der Waals surface area contributed by atoms with Gasteiger partial charge in [-0.05, 0) is 18.6 Å². The summed E-state index contributed by atoms with van der Waals surface area (Å²) >= 11 is 0. The van der Waals surface area contributed by atoms with Gasteiger partial charge in [0, 0.05) is 6.20 Å². The van der Waals surface area contributed by atoms with Crippen molar-refractivity contribution in [1.29, 1.82) is 0 Å². The van der Waals surface area contributed by atoms with Crippen molar-refractivity contribution < 1.29 is 10.0 Å². The zero-order valence-corrected chi connectivity index (χ0v) is 10.5. The molecule has 102 valence electrons. The average Bonchev–Trinajstić information content (AvgIpc) is 2.77. The number of hydrogen-bond donors (Lipinski definition) is 5. The highest BCUT2D eigenvalue weighted by molar-refractivity contribution is 5.96. The molecule has 8 nitrogen and oxygen atoms in total. The summed E-state index contributed by atoms with van der Waals surface area (Å²) < 4.78 is 1.62. The maximum atomic E-state index is 11.3. The number of hydrazine groups is 1. The van der Waals surface area contributed by atoms with Crippen LogP contribution in [0.2, 0.25) is 0 Å². The molecule has 0 saturated heterocycles. The fourth-order valence-corrected chi connectivity index (χ4v) is 1.92. The van der Waals surface area contributed by atoms with Gasteiger partial charge in [0.05, 0.1) is 17.9 Å². The molecule has 8 heteroatoms. The van der Waals surface area contributed by atoms with Gasteiger partial charge in [0.15, 0.2) is 5.69 Å². The summed E-state index contributed by atoms with van der Waals surface area (Å²) in [5.41, 5.74) is 14.9. The van der Waals surface area contributed by atoms with E-state index in [0.29, 0.717) is 18.7 Å². The molecule has 1 aromatic heterocycles. The van der Waals surface area contributed by atoms with Crippen LogP contribution in [0.1, 0.15) is 23.1 Å². The molecule has 6 N–H and O–H groups in total. The lowest BCUT2D eigenvalue weighted by molar-refractivity contribution is 0.0995. The molecule has 0 fully saturated rings. The van der Waals surface area contributed by atoms with E-state index in [-0.39, 0.29) is 11.4 Å². The van der Waals surface area contributed by atoms with E-state index >= 15 is 0 Å². The second-order valence-corrected chi connectivity index (χ2v) is 3.98. The number of hydrogen-bond acceptors (Lipinski definition) is 6. The lowest BCUT2D eigenvalue weighted by Crippen LogP contribution is -2.30. The van der Waals surface area contributed by atoms with Crippen LogP contribution in [0, 0.1) is 0 Å². The minimum atomic E-state index is -0.686. The SMILES string of the molecule is CCc1c(NO)c(C(N)=O)nn1CC1=CC=CNN1. The van der Waals surface area contributed by atoms with Crippen LogP contribution in [0.25, 0.3) is 0 Å². The first-order valence-corrected chi connectivity index (χ1v) is 5.84. The first-order valence-electron chi connectivity index (χ1n) is 5.84. The number of nitrogens with one attached hydrogen (secondary N) is 3. The fraction of sp³-hybridized carbons (Fsp3) is 0.273. The van der Waals surface area contributed by atoms with Crippen LogP contribution < -0.4 is 22.1 Å². The van der Waals surface area contributed by atoms with Crippen LogP contribution in [-0.2, 0) is 13.0 Å². The summed E-state index contributed by atoms with van der Waals surface area (Å²) in [5, 5.41) is 13.3. The van der Waals surface area contributed by atoms with Crippen molar-refractivity contribution in [2.45, 2.75) is 19.9 Å². The smallest absolute Gasteiger partial charge is 0.271 e. The fourth-order valence-electron chi connectivity index (χ4n) is 1.92. The molecule has 0 saturated carbocycles. The van der Waals surface area contributed by atoms with Gasteiger partial charge >= 0.3 is 0 Å². The van der Waals surface area contributed by atoms with Gasteiger partial charge in [0.25, 0.3) is 5.91 Å². The molecule has 1 aromatic rings. The summed E-state index contributed by atoms with van der Waals surface area (Å²) in [5.74, 6) is -0.686. The van der Waals surface area contributed by atoms with E-state index in [1.807, 2.05) is 24.6 Å². The Morgan fingerprint density at radius 3 is 2.95 bits per heavy atom. The number of anilines is 1. The van der Waals surface area contributed by atoms with E-state index in [4.69, 9.17) is 10.9 Å². The minimum Gasteiger partial charge on any atom is -0.364 e. The molecule has 0 radical (unpaired) electrons. The molecule has 1 amide bonds. The van der Waals surface area contributed by atoms with Crippen molar-refractivity contribution in [1.82, 2.24) is 20.6 Å². The van der Waals surface area contributed by atoms with Crippen molar-refractivity contribution in [2.75, 3.05) is 5.48 Å². The summed E-state index contributed by atoms with van der Waals surface area (Å²) in [4.78, 5) is 11.3. The second-order valence-electron chi connectivity index (χ2n) is 3.98. The zero-order valence-electron chi connectivity index (χ0n) is 10.5. The number of primary amides is 1. The Kier molecular flexibility index (Phi) is 3.71. The molecule has 1 aliphatic rings. The highest BCUT2D eigenvalue weighted by Crippen LogP contribution is 2.21. The Morgan fingerprint density at radius 1 is 1.63 bits per heavy atom. The number of aromatic nitrogens is 2. The predicted molar refractivity (Wildman–Crippen MR) is 69.0 cm³/mol. The Morgan fingerprint density at radius 2 is 2.42 bits per heavy atom. The van der Waals surface area contributed by atoms with Gasteiger partial charge in [0.1, 0.15) is 5.69 Å². The first-order chi connectivity index (χ1) is 9.17.